The van der Waals surface area contributed by atoms with Gasteiger partial charge in [0, 0.05) is 13.1 Å². The third kappa shape index (κ3) is 2.25. The Morgan fingerprint density at radius 3 is 2.89 bits per heavy atom. The van der Waals surface area contributed by atoms with Crippen LogP contribution in [0.2, 0.25) is 0 Å². The summed E-state index contributed by atoms with van der Waals surface area (Å²) in [6.07, 6.45) is 0. The molecule has 6 heteroatoms. The maximum Gasteiger partial charge on any atom is 0.273 e. The summed E-state index contributed by atoms with van der Waals surface area (Å²) in [6, 6.07) is 5.15. The van der Waals surface area contributed by atoms with E-state index < -0.39 is 5.54 Å². The number of hydrogen-bond acceptors (Lipinski definition) is 3. The van der Waals surface area contributed by atoms with Gasteiger partial charge in [-0.3, -0.25) is 9.59 Å². The second-order valence-corrected chi connectivity index (χ2v) is 5.43. The minimum Gasteiger partial charge on any atom is -0.352 e. The second-order valence-electron chi connectivity index (χ2n) is 4.62. The van der Waals surface area contributed by atoms with Crippen LogP contribution >= 0.6 is 15.9 Å². The first-order valence-electron chi connectivity index (χ1n) is 5.66. The van der Waals surface area contributed by atoms with Crippen LogP contribution in [0.25, 0.3) is 0 Å². The van der Waals surface area contributed by atoms with Crippen LogP contribution in [-0.2, 0) is 4.79 Å². The van der Waals surface area contributed by atoms with Crippen molar-refractivity contribution in [1.29, 1.82) is 0 Å². The second kappa shape index (κ2) is 4.68. The summed E-state index contributed by atoms with van der Waals surface area (Å²) < 4.78 is 0.604. The molecule has 0 bridgehead atoms. The topological polar surface area (TPSA) is 62.3 Å². The van der Waals surface area contributed by atoms with Crippen molar-refractivity contribution in [1.82, 2.24) is 15.2 Å². The van der Waals surface area contributed by atoms with Crippen molar-refractivity contribution in [2.45, 2.75) is 19.4 Å². The Hall–Kier alpha value is -1.43. The van der Waals surface area contributed by atoms with Crippen LogP contribution in [-0.4, -0.2) is 40.3 Å². The number of amides is 2. The van der Waals surface area contributed by atoms with Gasteiger partial charge in [-0.05, 0) is 41.9 Å². The molecule has 0 unspecified atom stereocenters. The van der Waals surface area contributed by atoms with Gasteiger partial charge < -0.3 is 10.2 Å². The van der Waals surface area contributed by atoms with Crippen LogP contribution in [0.1, 0.15) is 24.3 Å². The normalized spacial score (nSPS) is 18.4. The molecule has 0 atom stereocenters. The molecule has 1 N–H and O–H groups in total. The summed E-state index contributed by atoms with van der Waals surface area (Å²) >= 11 is 3.23. The highest BCUT2D eigenvalue weighted by Crippen LogP contribution is 2.20. The molecule has 1 aromatic rings. The number of rotatable bonds is 1. The van der Waals surface area contributed by atoms with E-state index in [0.717, 1.165) is 0 Å². The van der Waals surface area contributed by atoms with Crippen LogP contribution in [0.15, 0.2) is 22.8 Å². The van der Waals surface area contributed by atoms with Crippen molar-refractivity contribution in [3.63, 3.8) is 0 Å². The average molecular weight is 312 g/mol. The van der Waals surface area contributed by atoms with E-state index in [1.54, 1.807) is 36.9 Å². The number of halogens is 1. The van der Waals surface area contributed by atoms with E-state index in [0.29, 0.717) is 23.4 Å². The Morgan fingerprint density at radius 1 is 1.50 bits per heavy atom. The van der Waals surface area contributed by atoms with Crippen LogP contribution in [0.5, 0.6) is 0 Å². The third-order valence-corrected chi connectivity index (χ3v) is 3.47. The van der Waals surface area contributed by atoms with Gasteiger partial charge in [0.05, 0.1) is 0 Å². The summed E-state index contributed by atoms with van der Waals surface area (Å²) in [6.45, 7) is 4.43. The van der Waals surface area contributed by atoms with E-state index in [1.807, 2.05) is 0 Å². The molecular weight excluding hydrogens is 298 g/mol. The van der Waals surface area contributed by atoms with E-state index in [-0.39, 0.29) is 11.8 Å². The Bertz CT molecular complexity index is 502. The van der Waals surface area contributed by atoms with Gasteiger partial charge in [0.1, 0.15) is 15.8 Å². The van der Waals surface area contributed by atoms with Crippen molar-refractivity contribution < 1.29 is 9.59 Å². The number of nitrogens with one attached hydrogen (secondary N) is 1. The van der Waals surface area contributed by atoms with Crippen molar-refractivity contribution in [3.8, 4) is 0 Å². The number of nitrogens with zero attached hydrogens (tertiary/aromatic N) is 2. The molecule has 0 spiro atoms. The van der Waals surface area contributed by atoms with Crippen LogP contribution in [0.4, 0.5) is 0 Å². The zero-order chi connectivity index (χ0) is 13.3. The monoisotopic (exact) mass is 311 g/mol. The highest BCUT2D eigenvalue weighted by molar-refractivity contribution is 9.10. The molecule has 1 aliphatic rings. The summed E-state index contributed by atoms with van der Waals surface area (Å²) in [5.41, 5.74) is -0.508. The molecule has 0 saturated carbocycles. The van der Waals surface area contributed by atoms with Crippen LogP contribution in [0.3, 0.4) is 0 Å². The lowest BCUT2D eigenvalue weighted by Gasteiger charge is -2.40. The SMILES string of the molecule is CC1(C)C(=O)NCCN1C(=O)c1cccc(Br)n1. The third-order valence-electron chi connectivity index (χ3n) is 3.03. The Balaban J connectivity index is 2.31. The quantitative estimate of drug-likeness (QED) is 0.793. The first kappa shape index (κ1) is 13.0. The van der Waals surface area contributed by atoms with Crippen molar-refractivity contribution in [2.24, 2.45) is 0 Å². The minimum atomic E-state index is -0.848. The predicted molar refractivity (Wildman–Crippen MR) is 70.1 cm³/mol. The van der Waals surface area contributed by atoms with Gasteiger partial charge in [-0.25, -0.2) is 4.98 Å². The first-order valence-corrected chi connectivity index (χ1v) is 6.45. The van der Waals surface area contributed by atoms with Gasteiger partial charge in [-0.15, -0.1) is 0 Å². The van der Waals surface area contributed by atoms with Gasteiger partial charge in [0.2, 0.25) is 5.91 Å². The van der Waals surface area contributed by atoms with Gasteiger partial charge in [0.25, 0.3) is 5.91 Å². The fraction of sp³-hybridized carbons (Fsp3) is 0.417. The maximum absolute atomic E-state index is 12.4. The van der Waals surface area contributed by atoms with Gasteiger partial charge in [0.15, 0.2) is 0 Å². The fourth-order valence-corrected chi connectivity index (χ4v) is 2.26. The lowest BCUT2D eigenvalue weighted by atomic mass is 9.98. The minimum absolute atomic E-state index is 0.142. The van der Waals surface area contributed by atoms with Gasteiger partial charge in [-0.1, -0.05) is 6.07 Å². The molecule has 0 radical (unpaired) electrons. The number of carbonyl (C=O) groups is 2. The van der Waals surface area contributed by atoms with Crippen LogP contribution < -0.4 is 5.32 Å². The Morgan fingerprint density at radius 2 is 2.22 bits per heavy atom. The average Bonchev–Trinajstić information content (AvgIpc) is 2.32. The molecule has 1 aliphatic heterocycles. The van der Waals surface area contributed by atoms with Crippen molar-refractivity contribution >= 4 is 27.7 Å². The zero-order valence-electron chi connectivity index (χ0n) is 10.2. The zero-order valence-corrected chi connectivity index (χ0v) is 11.8. The predicted octanol–water partition coefficient (Wildman–Crippen LogP) is 1.19. The number of aromatic nitrogens is 1. The molecule has 96 valence electrons. The van der Waals surface area contributed by atoms with E-state index in [2.05, 4.69) is 26.2 Å². The molecule has 5 nitrogen and oxygen atoms in total. The molecule has 2 heterocycles. The summed E-state index contributed by atoms with van der Waals surface area (Å²) in [4.78, 5) is 29.9. The Kier molecular flexibility index (Phi) is 3.38. The summed E-state index contributed by atoms with van der Waals surface area (Å²) in [5.74, 6) is -0.367. The largest absolute Gasteiger partial charge is 0.352 e. The van der Waals surface area contributed by atoms with Gasteiger partial charge in [-0.2, -0.15) is 0 Å². The van der Waals surface area contributed by atoms with E-state index in [9.17, 15) is 9.59 Å². The molecule has 2 amide bonds. The molecule has 18 heavy (non-hydrogen) atoms. The molecule has 1 aromatic heterocycles. The maximum atomic E-state index is 12.4. The molecular formula is C12H14BrN3O2. The molecule has 1 saturated heterocycles. The van der Waals surface area contributed by atoms with Gasteiger partial charge >= 0.3 is 0 Å². The number of carbonyl (C=O) groups excluding carboxylic acids is 2. The summed E-state index contributed by atoms with van der Waals surface area (Å²) in [7, 11) is 0. The highest BCUT2D eigenvalue weighted by Gasteiger charge is 2.41. The number of pyridine rings is 1. The van der Waals surface area contributed by atoms with Crippen molar-refractivity contribution in [3.05, 3.63) is 28.5 Å². The smallest absolute Gasteiger partial charge is 0.273 e. The highest BCUT2D eigenvalue weighted by atomic mass is 79.9. The lowest BCUT2D eigenvalue weighted by Crippen LogP contribution is -2.63. The Labute approximate surface area is 114 Å². The first-order chi connectivity index (χ1) is 8.43. The van der Waals surface area contributed by atoms with E-state index in [4.69, 9.17) is 0 Å². The molecule has 0 aromatic carbocycles. The standard InChI is InChI=1S/C12H14BrN3O2/c1-12(2)11(18)14-6-7-16(12)10(17)8-4-3-5-9(13)15-8/h3-5H,6-7H2,1-2H3,(H,14,18). The number of hydrogen-bond donors (Lipinski definition) is 1. The number of piperazine rings is 1. The lowest BCUT2D eigenvalue weighted by molar-refractivity contribution is -0.133. The fourth-order valence-electron chi connectivity index (χ4n) is 1.92. The molecule has 2 rings (SSSR count). The summed E-state index contributed by atoms with van der Waals surface area (Å²) in [5, 5.41) is 2.76. The van der Waals surface area contributed by atoms with Crippen molar-refractivity contribution in [2.75, 3.05) is 13.1 Å². The van der Waals surface area contributed by atoms with Crippen LogP contribution in [0, 0.1) is 0 Å². The van der Waals surface area contributed by atoms with E-state index >= 15 is 0 Å². The molecule has 0 aliphatic carbocycles. The molecule has 1 fully saturated rings. The van der Waals surface area contributed by atoms with E-state index in [1.165, 1.54) is 0 Å².